The molecule has 0 radical (unpaired) electrons. The van der Waals surface area contributed by atoms with E-state index in [-0.39, 0.29) is 29.9 Å². The lowest BCUT2D eigenvalue weighted by Gasteiger charge is -2.36. The second-order valence-electron chi connectivity index (χ2n) is 6.77. The van der Waals surface area contributed by atoms with Gasteiger partial charge in [0.25, 0.3) is 0 Å². The van der Waals surface area contributed by atoms with Crippen molar-refractivity contribution in [1.82, 2.24) is 20.0 Å². The van der Waals surface area contributed by atoms with Crippen LogP contribution in [-0.2, 0) is 9.59 Å². The number of halogens is 1. The van der Waals surface area contributed by atoms with E-state index in [2.05, 4.69) is 24.1 Å². The summed E-state index contributed by atoms with van der Waals surface area (Å²) in [5.41, 5.74) is 0. The van der Waals surface area contributed by atoms with Gasteiger partial charge in [0.15, 0.2) is 5.96 Å². The zero-order chi connectivity index (χ0) is 18.2. The van der Waals surface area contributed by atoms with Crippen LogP contribution in [0.3, 0.4) is 0 Å². The van der Waals surface area contributed by atoms with Crippen LogP contribution >= 0.6 is 24.0 Å². The molecule has 0 aliphatic carbocycles. The third-order valence-corrected chi connectivity index (χ3v) is 5.11. The number of guanidine groups is 1. The molecule has 1 N–H and O–H groups in total. The van der Waals surface area contributed by atoms with Crippen molar-refractivity contribution >= 4 is 41.8 Å². The van der Waals surface area contributed by atoms with Gasteiger partial charge in [-0.2, -0.15) is 0 Å². The molecule has 7 nitrogen and oxygen atoms in total. The Morgan fingerprint density at radius 3 is 2.31 bits per heavy atom. The first kappa shape index (κ1) is 23.0. The van der Waals surface area contributed by atoms with Crippen molar-refractivity contribution in [3.63, 3.8) is 0 Å². The maximum Gasteiger partial charge on any atom is 0.222 e. The molecule has 2 amide bonds. The second-order valence-corrected chi connectivity index (χ2v) is 6.77. The van der Waals surface area contributed by atoms with Gasteiger partial charge in [0.05, 0.1) is 0 Å². The highest BCUT2D eigenvalue weighted by Gasteiger charge is 2.26. The molecule has 0 saturated carbocycles. The normalized spacial score (nSPS) is 19.4. The van der Waals surface area contributed by atoms with Gasteiger partial charge in [0.2, 0.25) is 11.8 Å². The minimum atomic E-state index is 0. The van der Waals surface area contributed by atoms with Crippen molar-refractivity contribution in [3.05, 3.63) is 0 Å². The fourth-order valence-corrected chi connectivity index (χ4v) is 3.61. The Hall–Kier alpha value is -1.06. The minimum absolute atomic E-state index is 0. The molecule has 0 spiro atoms. The number of carbonyl (C=O) groups is 2. The topological polar surface area (TPSA) is 68.2 Å². The maximum absolute atomic E-state index is 11.9. The van der Waals surface area contributed by atoms with E-state index >= 15 is 0 Å². The summed E-state index contributed by atoms with van der Waals surface area (Å²) in [6.07, 6.45) is 3.57. The van der Waals surface area contributed by atoms with E-state index in [4.69, 9.17) is 4.99 Å². The van der Waals surface area contributed by atoms with E-state index in [1.807, 2.05) is 9.80 Å². The summed E-state index contributed by atoms with van der Waals surface area (Å²) in [7, 11) is 0. The van der Waals surface area contributed by atoms with Gasteiger partial charge in [0.1, 0.15) is 0 Å². The van der Waals surface area contributed by atoms with Gasteiger partial charge in [-0.3, -0.25) is 14.6 Å². The molecule has 0 aromatic heterocycles. The number of hydrogen-bond donors (Lipinski definition) is 1. The lowest BCUT2D eigenvalue weighted by molar-refractivity contribution is -0.130. The number of rotatable bonds is 6. The Bertz CT molecular complexity index is 492. The van der Waals surface area contributed by atoms with Gasteiger partial charge in [-0.25, -0.2) is 0 Å². The number of nitrogens with one attached hydrogen (secondary N) is 1. The average Bonchev–Trinajstić information content (AvgIpc) is 3.04. The standard InChI is InChI=1S/C18H33N5O2.HI/c1-4-16(23-10-6-7-17(23)25)8-9-20-18(19-5-2)22-13-11-21(12-14-22)15(3)24;/h16H,4-14H2,1-3H3,(H,19,20);1H. The minimum Gasteiger partial charge on any atom is -0.357 e. The van der Waals surface area contributed by atoms with E-state index in [0.717, 1.165) is 71.0 Å². The first-order valence-corrected chi connectivity index (χ1v) is 9.65. The molecule has 1 unspecified atom stereocenters. The lowest BCUT2D eigenvalue weighted by Crippen LogP contribution is -2.53. The molecule has 2 aliphatic rings. The summed E-state index contributed by atoms with van der Waals surface area (Å²) >= 11 is 0. The number of piperazine rings is 1. The highest BCUT2D eigenvalue weighted by Crippen LogP contribution is 2.18. The molecular weight excluding hydrogens is 445 g/mol. The highest BCUT2D eigenvalue weighted by molar-refractivity contribution is 14.0. The van der Waals surface area contributed by atoms with Gasteiger partial charge >= 0.3 is 0 Å². The van der Waals surface area contributed by atoms with Crippen LogP contribution in [0.2, 0.25) is 0 Å². The Kier molecular flexibility index (Phi) is 10.3. The molecule has 26 heavy (non-hydrogen) atoms. The van der Waals surface area contributed by atoms with E-state index in [1.165, 1.54) is 0 Å². The summed E-state index contributed by atoms with van der Waals surface area (Å²) in [4.78, 5) is 34.3. The summed E-state index contributed by atoms with van der Waals surface area (Å²) in [5.74, 6) is 1.36. The highest BCUT2D eigenvalue weighted by atomic mass is 127. The van der Waals surface area contributed by atoms with Crippen LogP contribution in [-0.4, -0.2) is 84.3 Å². The molecule has 2 heterocycles. The van der Waals surface area contributed by atoms with Crippen molar-refractivity contribution in [3.8, 4) is 0 Å². The predicted molar refractivity (Wildman–Crippen MR) is 115 cm³/mol. The Morgan fingerprint density at radius 1 is 1.15 bits per heavy atom. The van der Waals surface area contributed by atoms with Crippen LogP contribution in [0.1, 0.15) is 46.5 Å². The molecule has 2 saturated heterocycles. The van der Waals surface area contributed by atoms with Crippen LogP contribution in [0, 0.1) is 0 Å². The fraction of sp³-hybridized carbons (Fsp3) is 0.833. The molecule has 1 atom stereocenters. The number of carbonyl (C=O) groups excluding carboxylic acids is 2. The van der Waals surface area contributed by atoms with Crippen LogP contribution in [0.4, 0.5) is 0 Å². The summed E-state index contributed by atoms with van der Waals surface area (Å²) in [5, 5.41) is 3.36. The van der Waals surface area contributed by atoms with E-state index in [9.17, 15) is 9.59 Å². The van der Waals surface area contributed by atoms with Crippen LogP contribution in [0.15, 0.2) is 4.99 Å². The van der Waals surface area contributed by atoms with E-state index < -0.39 is 0 Å². The van der Waals surface area contributed by atoms with Gasteiger partial charge in [-0.15, -0.1) is 24.0 Å². The largest absolute Gasteiger partial charge is 0.357 e. The number of likely N-dealkylation sites (tertiary alicyclic amines) is 1. The number of aliphatic imine (C=N–C) groups is 1. The van der Waals surface area contributed by atoms with Gasteiger partial charge in [-0.05, 0) is 26.2 Å². The molecule has 150 valence electrons. The summed E-state index contributed by atoms with van der Waals surface area (Å²) in [6.45, 7) is 11.4. The molecule has 0 aromatic rings. The Balaban J connectivity index is 0.00000338. The molecule has 0 bridgehead atoms. The summed E-state index contributed by atoms with van der Waals surface area (Å²) < 4.78 is 0. The lowest BCUT2D eigenvalue weighted by atomic mass is 10.1. The molecule has 2 fully saturated rings. The first-order valence-electron chi connectivity index (χ1n) is 9.65. The SMILES string of the molecule is CCNC(=NCCC(CC)N1CCCC1=O)N1CCN(C(C)=O)CC1.I. The van der Waals surface area contributed by atoms with Crippen LogP contribution in [0.25, 0.3) is 0 Å². The first-order chi connectivity index (χ1) is 12.1. The van der Waals surface area contributed by atoms with Crippen molar-refractivity contribution < 1.29 is 9.59 Å². The maximum atomic E-state index is 11.9. The van der Waals surface area contributed by atoms with E-state index in [1.54, 1.807) is 6.92 Å². The quantitative estimate of drug-likeness (QED) is 0.357. The van der Waals surface area contributed by atoms with Crippen LogP contribution < -0.4 is 5.32 Å². The number of amides is 2. The van der Waals surface area contributed by atoms with Crippen LogP contribution in [0.5, 0.6) is 0 Å². The third-order valence-electron chi connectivity index (χ3n) is 5.11. The molecular formula is C18H34IN5O2. The van der Waals surface area contributed by atoms with Crippen molar-refractivity contribution in [2.75, 3.05) is 45.8 Å². The second kappa shape index (κ2) is 11.6. The van der Waals surface area contributed by atoms with Gasteiger partial charge in [0, 0.05) is 65.2 Å². The molecule has 2 rings (SSSR count). The Labute approximate surface area is 174 Å². The van der Waals surface area contributed by atoms with Gasteiger partial charge < -0.3 is 20.0 Å². The predicted octanol–water partition coefficient (Wildman–Crippen LogP) is 1.53. The molecule has 8 heteroatoms. The molecule has 2 aliphatic heterocycles. The van der Waals surface area contributed by atoms with Gasteiger partial charge in [-0.1, -0.05) is 6.92 Å². The third kappa shape index (κ3) is 6.28. The Morgan fingerprint density at radius 2 is 1.81 bits per heavy atom. The smallest absolute Gasteiger partial charge is 0.222 e. The fourth-order valence-electron chi connectivity index (χ4n) is 3.61. The monoisotopic (exact) mass is 479 g/mol. The number of nitrogens with zero attached hydrogens (tertiary/aromatic N) is 4. The van der Waals surface area contributed by atoms with E-state index in [0.29, 0.717) is 18.4 Å². The van der Waals surface area contributed by atoms with Crippen molar-refractivity contribution in [2.45, 2.75) is 52.5 Å². The zero-order valence-corrected chi connectivity index (χ0v) is 18.7. The molecule has 0 aromatic carbocycles. The average molecular weight is 479 g/mol. The van der Waals surface area contributed by atoms with Crippen molar-refractivity contribution in [2.24, 2.45) is 4.99 Å². The van der Waals surface area contributed by atoms with Crippen molar-refractivity contribution in [1.29, 1.82) is 0 Å². The number of hydrogen-bond acceptors (Lipinski definition) is 3. The zero-order valence-electron chi connectivity index (χ0n) is 16.4. The summed E-state index contributed by atoms with van der Waals surface area (Å²) in [6, 6.07) is 0.302.